The second kappa shape index (κ2) is 4.39. The summed E-state index contributed by atoms with van der Waals surface area (Å²) in [5, 5.41) is 27.1. The first kappa shape index (κ1) is 13.0. The van der Waals surface area contributed by atoms with Crippen molar-refractivity contribution in [2.24, 2.45) is 0 Å². The molecular weight excluding hydrogens is 278 g/mol. The number of aliphatic hydroxyl groups excluding tert-OH is 1. The van der Waals surface area contributed by atoms with Gasteiger partial charge in [-0.3, -0.25) is 10.1 Å². The molecule has 0 bridgehead atoms. The summed E-state index contributed by atoms with van der Waals surface area (Å²) in [5.41, 5.74) is 0.358. The summed E-state index contributed by atoms with van der Waals surface area (Å²) < 4.78 is 0. The fourth-order valence-corrected chi connectivity index (χ4v) is 3.34. The highest BCUT2D eigenvalue weighted by molar-refractivity contribution is 6.25. The van der Waals surface area contributed by atoms with Gasteiger partial charge in [-0.25, -0.2) is 0 Å². The third-order valence-corrected chi connectivity index (χ3v) is 4.28. The molecule has 4 aromatic rings. The highest BCUT2D eigenvalue weighted by atomic mass is 16.6. The normalized spacial score (nSPS) is 13.2. The Bertz CT molecular complexity index is 1020. The first-order chi connectivity index (χ1) is 10.6. The standard InChI is InChI=1S/C18H13NO3/c1-10(20)15-9-13-6-5-11-3-2-4-12-7-8-14(17(13)16(11)12)18(15)19(21)22/h2-10,20H,1H3. The van der Waals surface area contributed by atoms with Gasteiger partial charge in [-0.15, -0.1) is 0 Å². The Morgan fingerprint density at radius 1 is 1.00 bits per heavy atom. The number of nitro groups is 1. The number of nitrogens with zero attached hydrogens (tertiary/aromatic N) is 1. The molecule has 0 heterocycles. The number of hydrogen-bond donors (Lipinski definition) is 1. The van der Waals surface area contributed by atoms with Crippen LogP contribution in [-0.4, -0.2) is 10.0 Å². The topological polar surface area (TPSA) is 63.4 Å². The quantitative estimate of drug-likeness (QED) is 0.335. The molecule has 0 saturated carbocycles. The van der Waals surface area contributed by atoms with E-state index < -0.39 is 11.0 Å². The lowest BCUT2D eigenvalue weighted by Gasteiger charge is -2.14. The monoisotopic (exact) mass is 291 g/mol. The number of hydrogen-bond acceptors (Lipinski definition) is 3. The molecule has 22 heavy (non-hydrogen) atoms. The molecule has 4 nitrogen and oxygen atoms in total. The van der Waals surface area contributed by atoms with Gasteiger partial charge in [0, 0.05) is 5.39 Å². The lowest BCUT2D eigenvalue weighted by atomic mass is 9.90. The number of rotatable bonds is 2. The zero-order chi connectivity index (χ0) is 15.4. The van der Waals surface area contributed by atoms with E-state index in [2.05, 4.69) is 0 Å². The Kier molecular flexibility index (Phi) is 2.59. The lowest BCUT2D eigenvalue weighted by molar-refractivity contribution is -0.384. The zero-order valence-electron chi connectivity index (χ0n) is 11.9. The van der Waals surface area contributed by atoms with E-state index in [0.29, 0.717) is 10.9 Å². The van der Waals surface area contributed by atoms with E-state index in [4.69, 9.17) is 0 Å². The molecule has 0 aliphatic carbocycles. The van der Waals surface area contributed by atoms with Crippen LogP contribution in [0.4, 0.5) is 5.69 Å². The molecule has 0 radical (unpaired) electrons. The summed E-state index contributed by atoms with van der Waals surface area (Å²) in [6, 6.07) is 15.4. The second-order valence-electron chi connectivity index (χ2n) is 5.60. The SMILES string of the molecule is CC(O)c1cc2ccc3cccc4ccc(c1[N+](=O)[O-])c2c34. The maximum atomic E-state index is 11.6. The average molecular weight is 291 g/mol. The highest BCUT2D eigenvalue weighted by Crippen LogP contribution is 2.41. The molecule has 108 valence electrons. The molecule has 0 aromatic heterocycles. The van der Waals surface area contributed by atoms with Crippen LogP contribution in [0, 0.1) is 10.1 Å². The third kappa shape index (κ3) is 1.61. The maximum absolute atomic E-state index is 11.6. The van der Waals surface area contributed by atoms with Crippen LogP contribution in [0.15, 0.2) is 48.5 Å². The minimum Gasteiger partial charge on any atom is -0.388 e. The summed E-state index contributed by atoms with van der Waals surface area (Å²) >= 11 is 0. The zero-order valence-corrected chi connectivity index (χ0v) is 11.9. The van der Waals surface area contributed by atoms with Crippen LogP contribution in [0.1, 0.15) is 18.6 Å². The molecule has 0 amide bonds. The van der Waals surface area contributed by atoms with Crippen LogP contribution in [0.3, 0.4) is 0 Å². The number of aliphatic hydroxyl groups is 1. The third-order valence-electron chi connectivity index (χ3n) is 4.28. The molecule has 0 saturated heterocycles. The molecule has 1 unspecified atom stereocenters. The van der Waals surface area contributed by atoms with Crippen molar-refractivity contribution in [2.75, 3.05) is 0 Å². The summed E-state index contributed by atoms with van der Waals surface area (Å²) in [5.74, 6) is 0. The molecule has 1 N–H and O–H groups in total. The van der Waals surface area contributed by atoms with Crippen LogP contribution in [0.25, 0.3) is 32.3 Å². The average Bonchev–Trinajstić information content (AvgIpc) is 2.51. The minimum atomic E-state index is -0.887. The summed E-state index contributed by atoms with van der Waals surface area (Å²) in [6.07, 6.45) is -0.887. The fourth-order valence-electron chi connectivity index (χ4n) is 3.34. The van der Waals surface area contributed by atoms with E-state index in [1.54, 1.807) is 19.1 Å². The van der Waals surface area contributed by atoms with Crippen LogP contribution < -0.4 is 0 Å². The first-order valence-corrected chi connectivity index (χ1v) is 7.11. The Balaban J connectivity index is 2.33. The van der Waals surface area contributed by atoms with Crippen molar-refractivity contribution in [1.29, 1.82) is 0 Å². The van der Waals surface area contributed by atoms with Gasteiger partial charge in [0.25, 0.3) is 5.69 Å². The van der Waals surface area contributed by atoms with Gasteiger partial charge >= 0.3 is 0 Å². The summed E-state index contributed by atoms with van der Waals surface area (Å²) in [6.45, 7) is 1.56. The van der Waals surface area contributed by atoms with Gasteiger partial charge in [-0.1, -0.05) is 36.4 Å². The van der Waals surface area contributed by atoms with Gasteiger partial charge in [0.15, 0.2) is 0 Å². The van der Waals surface area contributed by atoms with Gasteiger partial charge < -0.3 is 5.11 Å². The first-order valence-electron chi connectivity index (χ1n) is 7.11. The Morgan fingerprint density at radius 3 is 2.27 bits per heavy atom. The number of benzene rings is 4. The lowest BCUT2D eigenvalue weighted by Crippen LogP contribution is -2.01. The van der Waals surface area contributed by atoms with E-state index in [1.807, 2.05) is 36.4 Å². The van der Waals surface area contributed by atoms with Crippen LogP contribution in [0.2, 0.25) is 0 Å². The van der Waals surface area contributed by atoms with Crippen molar-refractivity contribution in [2.45, 2.75) is 13.0 Å². The largest absolute Gasteiger partial charge is 0.388 e. The van der Waals surface area contributed by atoms with E-state index in [9.17, 15) is 15.2 Å². The van der Waals surface area contributed by atoms with E-state index >= 15 is 0 Å². The molecule has 4 aromatic carbocycles. The van der Waals surface area contributed by atoms with Gasteiger partial charge in [-0.05, 0) is 40.6 Å². The second-order valence-corrected chi connectivity index (χ2v) is 5.60. The Morgan fingerprint density at radius 2 is 1.64 bits per heavy atom. The summed E-state index contributed by atoms with van der Waals surface area (Å²) in [7, 11) is 0. The predicted octanol–water partition coefficient (Wildman–Crippen LogP) is 4.55. The van der Waals surface area contributed by atoms with Crippen molar-refractivity contribution < 1.29 is 10.0 Å². The van der Waals surface area contributed by atoms with Crippen LogP contribution >= 0.6 is 0 Å². The molecule has 1 atom stereocenters. The minimum absolute atomic E-state index is 0.000697. The van der Waals surface area contributed by atoms with Gasteiger partial charge in [0.2, 0.25) is 0 Å². The predicted molar refractivity (Wildman–Crippen MR) is 87.4 cm³/mol. The van der Waals surface area contributed by atoms with E-state index in [0.717, 1.165) is 26.9 Å². The van der Waals surface area contributed by atoms with Crippen molar-refractivity contribution in [3.05, 3.63) is 64.2 Å². The van der Waals surface area contributed by atoms with Crippen molar-refractivity contribution in [3.63, 3.8) is 0 Å². The van der Waals surface area contributed by atoms with Gasteiger partial charge in [0.05, 0.1) is 22.0 Å². The molecule has 0 spiro atoms. The summed E-state index contributed by atoms with van der Waals surface area (Å²) in [4.78, 5) is 11.2. The van der Waals surface area contributed by atoms with Crippen LogP contribution in [0.5, 0.6) is 0 Å². The molecule has 4 heteroatoms. The highest BCUT2D eigenvalue weighted by Gasteiger charge is 2.24. The Labute approximate surface area is 126 Å². The van der Waals surface area contributed by atoms with Crippen molar-refractivity contribution in [1.82, 2.24) is 0 Å². The molecule has 4 rings (SSSR count). The molecular formula is C18H13NO3. The van der Waals surface area contributed by atoms with Gasteiger partial charge in [0.1, 0.15) is 0 Å². The van der Waals surface area contributed by atoms with Crippen molar-refractivity contribution in [3.8, 4) is 0 Å². The maximum Gasteiger partial charge on any atom is 0.283 e. The molecule has 0 aliphatic heterocycles. The van der Waals surface area contributed by atoms with E-state index in [1.165, 1.54) is 0 Å². The number of nitro benzene ring substituents is 1. The van der Waals surface area contributed by atoms with Crippen LogP contribution in [-0.2, 0) is 0 Å². The molecule has 0 aliphatic rings. The molecule has 0 fully saturated rings. The van der Waals surface area contributed by atoms with E-state index in [-0.39, 0.29) is 5.69 Å². The van der Waals surface area contributed by atoms with Crippen molar-refractivity contribution >= 4 is 38.0 Å². The fraction of sp³-hybridized carbons (Fsp3) is 0.111. The Hall–Kier alpha value is -2.72. The van der Waals surface area contributed by atoms with Gasteiger partial charge in [-0.2, -0.15) is 0 Å². The smallest absolute Gasteiger partial charge is 0.283 e.